The molecule has 0 unspecified atom stereocenters. The number of aromatic nitrogens is 4. The highest BCUT2D eigenvalue weighted by molar-refractivity contribution is 7.99. The summed E-state index contributed by atoms with van der Waals surface area (Å²) in [5.74, 6) is 0. The third-order valence-corrected chi connectivity index (χ3v) is 2.80. The van der Waals surface area contributed by atoms with Gasteiger partial charge in [-0.25, -0.2) is 4.98 Å². The van der Waals surface area contributed by atoms with Gasteiger partial charge in [-0.15, -0.1) is 10.2 Å². The first-order valence-corrected chi connectivity index (χ1v) is 5.11. The van der Waals surface area contributed by atoms with Gasteiger partial charge >= 0.3 is 0 Å². The van der Waals surface area contributed by atoms with E-state index < -0.39 is 4.92 Å². The van der Waals surface area contributed by atoms with Crippen LogP contribution in [0.3, 0.4) is 0 Å². The topological polar surface area (TPSA) is 86.7 Å². The Hall–Kier alpha value is -1.96. The van der Waals surface area contributed by atoms with Crippen molar-refractivity contribution in [3.05, 3.63) is 34.8 Å². The summed E-state index contributed by atoms with van der Waals surface area (Å²) in [7, 11) is 1.81. The second-order valence-corrected chi connectivity index (χ2v) is 3.93. The smallest absolute Gasteiger partial charge is 0.287 e. The minimum atomic E-state index is -0.482. The average Bonchev–Trinajstić information content (AvgIpc) is 2.65. The van der Waals surface area contributed by atoms with Gasteiger partial charge in [-0.2, -0.15) is 0 Å². The first-order valence-electron chi connectivity index (χ1n) is 4.29. The van der Waals surface area contributed by atoms with E-state index in [1.807, 2.05) is 7.05 Å². The van der Waals surface area contributed by atoms with Crippen LogP contribution in [-0.2, 0) is 7.05 Å². The lowest BCUT2D eigenvalue weighted by Crippen LogP contribution is -1.91. The number of aryl methyl sites for hydroxylation is 1. The van der Waals surface area contributed by atoms with Crippen LogP contribution in [0, 0.1) is 10.1 Å². The molecule has 7 nitrogen and oxygen atoms in total. The number of hydrogen-bond acceptors (Lipinski definition) is 6. The highest BCUT2D eigenvalue weighted by atomic mass is 32.2. The summed E-state index contributed by atoms with van der Waals surface area (Å²) in [5.41, 5.74) is -0.0256. The van der Waals surface area contributed by atoms with Gasteiger partial charge in [0.05, 0.1) is 4.92 Å². The third-order valence-electron chi connectivity index (χ3n) is 1.80. The minimum absolute atomic E-state index is 0.0256. The molecule has 0 radical (unpaired) electrons. The largest absolute Gasteiger partial charge is 0.311 e. The normalized spacial score (nSPS) is 10.3. The van der Waals surface area contributed by atoms with Gasteiger partial charge in [-0.3, -0.25) is 10.1 Å². The SMILES string of the molecule is Cn1cnnc1Sc1ccc([N+](=O)[O-])cn1. The second kappa shape index (κ2) is 4.27. The molecule has 16 heavy (non-hydrogen) atoms. The molecular weight excluding hydrogens is 230 g/mol. The van der Waals surface area contributed by atoms with Crippen LogP contribution < -0.4 is 0 Å². The van der Waals surface area contributed by atoms with E-state index >= 15 is 0 Å². The summed E-state index contributed by atoms with van der Waals surface area (Å²) in [4.78, 5) is 13.9. The van der Waals surface area contributed by atoms with Gasteiger partial charge in [0.15, 0.2) is 5.16 Å². The summed E-state index contributed by atoms with van der Waals surface area (Å²) >= 11 is 1.30. The van der Waals surface area contributed by atoms with E-state index in [0.717, 1.165) is 0 Å². The standard InChI is InChI=1S/C8H7N5O2S/c1-12-5-10-11-8(12)16-7-3-2-6(4-9-7)13(14)15/h2-5H,1H3. The minimum Gasteiger partial charge on any atom is -0.311 e. The summed E-state index contributed by atoms with van der Waals surface area (Å²) in [6, 6.07) is 2.99. The maximum Gasteiger partial charge on any atom is 0.287 e. The van der Waals surface area contributed by atoms with Crippen LogP contribution in [0.1, 0.15) is 0 Å². The highest BCUT2D eigenvalue weighted by Crippen LogP contribution is 2.24. The van der Waals surface area contributed by atoms with Crippen LogP contribution >= 0.6 is 11.8 Å². The molecule has 0 saturated carbocycles. The van der Waals surface area contributed by atoms with E-state index in [9.17, 15) is 10.1 Å². The van der Waals surface area contributed by atoms with Gasteiger partial charge in [0, 0.05) is 13.1 Å². The van der Waals surface area contributed by atoms with Crippen molar-refractivity contribution >= 4 is 17.4 Å². The maximum absolute atomic E-state index is 10.4. The Balaban J connectivity index is 2.17. The van der Waals surface area contributed by atoms with Crippen LogP contribution in [0.15, 0.2) is 34.8 Å². The molecule has 8 heteroatoms. The predicted molar refractivity (Wildman–Crippen MR) is 56.0 cm³/mol. The average molecular weight is 237 g/mol. The molecule has 0 spiro atoms. The zero-order valence-electron chi connectivity index (χ0n) is 8.27. The first-order chi connectivity index (χ1) is 7.66. The van der Waals surface area contributed by atoms with Crippen molar-refractivity contribution in [3.63, 3.8) is 0 Å². The van der Waals surface area contributed by atoms with Crippen LogP contribution in [0.2, 0.25) is 0 Å². The lowest BCUT2D eigenvalue weighted by Gasteiger charge is -1.98. The fourth-order valence-corrected chi connectivity index (χ4v) is 1.71. The van der Waals surface area contributed by atoms with Crippen molar-refractivity contribution in [3.8, 4) is 0 Å². The molecule has 0 aliphatic rings. The number of pyridine rings is 1. The van der Waals surface area contributed by atoms with Gasteiger partial charge in [-0.1, -0.05) is 0 Å². The lowest BCUT2D eigenvalue weighted by molar-refractivity contribution is -0.385. The molecule has 0 N–H and O–H groups in total. The monoisotopic (exact) mass is 237 g/mol. The molecule has 82 valence electrons. The first kappa shape index (κ1) is 10.6. The van der Waals surface area contributed by atoms with Gasteiger partial charge in [0.25, 0.3) is 5.69 Å². The predicted octanol–water partition coefficient (Wildman–Crippen LogP) is 1.27. The fraction of sp³-hybridized carbons (Fsp3) is 0.125. The van der Waals surface area contributed by atoms with Gasteiger partial charge in [0.1, 0.15) is 17.6 Å². The zero-order chi connectivity index (χ0) is 11.5. The third kappa shape index (κ3) is 2.16. The number of rotatable bonds is 3. The van der Waals surface area contributed by atoms with Crippen LogP contribution in [0.5, 0.6) is 0 Å². The van der Waals surface area contributed by atoms with Crippen LogP contribution in [0.4, 0.5) is 5.69 Å². The molecule has 2 aromatic heterocycles. The molecule has 0 fully saturated rings. The molecule has 2 aromatic rings. The van der Waals surface area contributed by atoms with Crippen molar-refractivity contribution < 1.29 is 4.92 Å². The Labute approximate surface area is 94.7 Å². The van der Waals surface area contributed by atoms with Crippen molar-refractivity contribution in [2.45, 2.75) is 10.2 Å². The van der Waals surface area contributed by atoms with E-state index in [4.69, 9.17) is 0 Å². The van der Waals surface area contributed by atoms with Crippen molar-refractivity contribution in [2.24, 2.45) is 7.05 Å². The molecule has 2 heterocycles. The number of nitro groups is 1. The maximum atomic E-state index is 10.4. The van der Waals surface area contributed by atoms with E-state index in [1.165, 1.54) is 24.0 Å². The van der Waals surface area contributed by atoms with Gasteiger partial charge in [-0.05, 0) is 17.8 Å². The Morgan fingerprint density at radius 1 is 1.50 bits per heavy atom. The molecule has 0 aromatic carbocycles. The zero-order valence-corrected chi connectivity index (χ0v) is 9.09. The van der Waals surface area contributed by atoms with Gasteiger partial charge < -0.3 is 4.57 Å². The summed E-state index contributed by atoms with van der Waals surface area (Å²) in [6.07, 6.45) is 2.80. The highest BCUT2D eigenvalue weighted by Gasteiger charge is 2.08. The van der Waals surface area contributed by atoms with E-state index in [-0.39, 0.29) is 5.69 Å². The Kier molecular flexibility index (Phi) is 2.82. The quantitative estimate of drug-likeness (QED) is 0.590. The Bertz CT molecular complexity index is 509. The van der Waals surface area contributed by atoms with Crippen molar-refractivity contribution in [1.29, 1.82) is 0 Å². The molecule has 2 rings (SSSR count). The molecule has 0 bridgehead atoms. The lowest BCUT2D eigenvalue weighted by atomic mass is 10.4. The van der Waals surface area contributed by atoms with Crippen LogP contribution in [-0.4, -0.2) is 24.7 Å². The molecule has 0 amide bonds. The van der Waals surface area contributed by atoms with Crippen molar-refractivity contribution in [1.82, 2.24) is 19.7 Å². The molecule has 0 saturated heterocycles. The van der Waals surface area contributed by atoms with E-state index in [0.29, 0.717) is 10.2 Å². The molecule has 0 atom stereocenters. The van der Waals surface area contributed by atoms with Crippen LogP contribution in [0.25, 0.3) is 0 Å². The molecule has 0 aliphatic heterocycles. The second-order valence-electron chi connectivity index (χ2n) is 2.94. The van der Waals surface area contributed by atoms with E-state index in [1.54, 1.807) is 17.0 Å². The molecular formula is C8H7N5O2S. The molecule has 0 aliphatic carbocycles. The summed E-state index contributed by atoms with van der Waals surface area (Å²) in [5, 5.41) is 19.3. The Morgan fingerprint density at radius 2 is 2.31 bits per heavy atom. The van der Waals surface area contributed by atoms with E-state index in [2.05, 4.69) is 15.2 Å². The van der Waals surface area contributed by atoms with Gasteiger partial charge in [0.2, 0.25) is 0 Å². The summed E-state index contributed by atoms with van der Waals surface area (Å²) in [6.45, 7) is 0. The fourth-order valence-electron chi connectivity index (χ4n) is 0.999. The number of hydrogen-bond donors (Lipinski definition) is 0. The number of nitrogens with zero attached hydrogens (tertiary/aromatic N) is 5. The van der Waals surface area contributed by atoms with Crippen molar-refractivity contribution in [2.75, 3.05) is 0 Å². The Morgan fingerprint density at radius 3 is 2.81 bits per heavy atom. The summed E-state index contributed by atoms with van der Waals surface area (Å²) < 4.78 is 1.74.